The van der Waals surface area contributed by atoms with Gasteiger partial charge in [-0.3, -0.25) is 0 Å². The number of nitrogen functional groups attached to an aromatic ring is 1. The van der Waals surface area contributed by atoms with E-state index in [2.05, 4.69) is 4.98 Å². The van der Waals surface area contributed by atoms with Crippen LogP contribution in [0, 0.1) is 11.6 Å². The second-order valence-corrected chi connectivity index (χ2v) is 5.47. The Kier molecular flexibility index (Phi) is 3.47. The van der Waals surface area contributed by atoms with Crippen molar-refractivity contribution in [2.75, 3.05) is 12.3 Å². The van der Waals surface area contributed by atoms with E-state index in [0.29, 0.717) is 11.6 Å². The summed E-state index contributed by atoms with van der Waals surface area (Å²) in [5, 5.41) is 0.461. The molecule has 0 spiro atoms. The molecule has 3 nitrogen and oxygen atoms in total. The fraction of sp³-hybridized carbons (Fsp3) is 0.133. The number of aromatic nitrogens is 1. The van der Waals surface area contributed by atoms with Crippen molar-refractivity contribution in [1.29, 1.82) is 0 Å². The van der Waals surface area contributed by atoms with Crippen molar-refractivity contribution in [3.8, 4) is 16.3 Å². The quantitative estimate of drug-likeness (QED) is 0.737. The van der Waals surface area contributed by atoms with Crippen molar-refractivity contribution >= 4 is 27.2 Å². The fourth-order valence-corrected chi connectivity index (χ4v) is 3.02. The van der Waals surface area contributed by atoms with Crippen LogP contribution in [0.3, 0.4) is 0 Å². The van der Waals surface area contributed by atoms with E-state index in [-0.39, 0.29) is 11.3 Å². The molecule has 0 atom stereocenters. The van der Waals surface area contributed by atoms with Gasteiger partial charge in [-0.1, -0.05) is 0 Å². The standard InChI is InChI=1S/C15H12F2N2OS/c1-2-20-8-3-4-13-14(5-8)21-15(19-13)9-6-12(18)11(17)7-10(9)16/h3-7H,2,18H2,1H3. The molecule has 6 heteroatoms. The number of rotatable bonds is 3. The maximum Gasteiger partial charge on any atom is 0.149 e. The molecule has 0 bridgehead atoms. The van der Waals surface area contributed by atoms with Crippen molar-refractivity contribution in [2.24, 2.45) is 0 Å². The van der Waals surface area contributed by atoms with Gasteiger partial charge in [-0.25, -0.2) is 13.8 Å². The van der Waals surface area contributed by atoms with E-state index >= 15 is 0 Å². The Morgan fingerprint density at radius 1 is 1.19 bits per heavy atom. The van der Waals surface area contributed by atoms with Gasteiger partial charge in [0.15, 0.2) is 0 Å². The molecule has 2 N–H and O–H groups in total. The van der Waals surface area contributed by atoms with Crippen LogP contribution in [0.1, 0.15) is 6.92 Å². The largest absolute Gasteiger partial charge is 0.494 e. The minimum absolute atomic E-state index is 0.0966. The molecule has 1 heterocycles. The van der Waals surface area contributed by atoms with Gasteiger partial charge in [0.25, 0.3) is 0 Å². The lowest BCUT2D eigenvalue weighted by Gasteiger charge is -2.01. The number of fused-ring (bicyclic) bond motifs is 1. The second-order valence-electron chi connectivity index (χ2n) is 4.44. The molecule has 0 aliphatic rings. The number of benzene rings is 2. The lowest BCUT2D eigenvalue weighted by atomic mass is 10.2. The van der Waals surface area contributed by atoms with Crippen LogP contribution in [0.2, 0.25) is 0 Å². The van der Waals surface area contributed by atoms with Crippen LogP contribution in [0.15, 0.2) is 30.3 Å². The summed E-state index contributed by atoms with van der Waals surface area (Å²) in [5.74, 6) is -0.707. The van der Waals surface area contributed by atoms with Gasteiger partial charge in [-0.15, -0.1) is 11.3 Å². The van der Waals surface area contributed by atoms with Gasteiger partial charge in [0.2, 0.25) is 0 Å². The number of hydrogen-bond donors (Lipinski definition) is 1. The topological polar surface area (TPSA) is 48.1 Å². The molecule has 108 valence electrons. The van der Waals surface area contributed by atoms with Crippen LogP contribution < -0.4 is 10.5 Å². The van der Waals surface area contributed by atoms with Crippen LogP contribution in [0.25, 0.3) is 20.8 Å². The highest BCUT2D eigenvalue weighted by atomic mass is 32.1. The Labute approximate surface area is 124 Å². The number of nitrogens with two attached hydrogens (primary N) is 1. The van der Waals surface area contributed by atoms with Crippen LogP contribution in [-0.2, 0) is 0 Å². The molecule has 0 aliphatic heterocycles. The van der Waals surface area contributed by atoms with E-state index in [4.69, 9.17) is 10.5 Å². The van der Waals surface area contributed by atoms with E-state index < -0.39 is 11.6 Å². The molecule has 0 saturated heterocycles. The minimum atomic E-state index is -0.768. The van der Waals surface area contributed by atoms with Crippen molar-refractivity contribution in [1.82, 2.24) is 4.98 Å². The molecule has 0 radical (unpaired) electrons. The highest BCUT2D eigenvalue weighted by molar-refractivity contribution is 7.21. The van der Waals surface area contributed by atoms with Gasteiger partial charge in [0.1, 0.15) is 22.4 Å². The third kappa shape index (κ3) is 2.54. The van der Waals surface area contributed by atoms with Crippen LogP contribution in [-0.4, -0.2) is 11.6 Å². The first-order chi connectivity index (χ1) is 10.1. The number of halogens is 2. The highest BCUT2D eigenvalue weighted by Crippen LogP contribution is 2.34. The van der Waals surface area contributed by atoms with E-state index in [1.54, 1.807) is 0 Å². The molecule has 0 aliphatic carbocycles. The predicted octanol–water partition coefficient (Wildman–Crippen LogP) is 4.22. The third-order valence-electron chi connectivity index (χ3n) is 2.99. The Morgan fingerprint density at radius 2 is 2.00 bits per heavy atom. The molecule has 1 aromatic heterocycles. The second kappa shape index (κ2) is 5.29. The van der Waals surface area contributed by atoms with Gasteiger partial charge in [0.05, 0.1) is 22.5 Å². The summed E-state index contributed by atoms with van der Waals surface area (Å²) >= 11 is 1.31. The molecule has 0 amide bonds. The summed E-state index contributed by atoms with van der Waals surface area (Å²) < 4.78 is 33.4. The van der Waals surface area contributed by atoms with Gasteiger partial charge >= 0.3 is 0 Å². The summed E-state index contributed by atoms with van der Waals surface area (Å²) in [6.45, 7) is 2.47. The molecule has 2 aromatic carbocycles. The molecule has 0 saturated carbocycles. The van der Waals surface area contributed by atoms with Crippen LogP contribution in [0.5, 0.6) is 5.75 Å². The average molecular weight is 306 g/mol. The molecule has 0 fully saturated rings. The zero-order chi connectivity index (χ0) is 15.0. The lowest BCUT2D eigenvalue weighted by Crippen LogP contribution is -1.94. The molecule has 3 aromatic rings. The number of hydrogen-bond acceptors (Lipinski definition) is 4. The highest BCUT2D eigenvalue weighted by Gasteiger charge is 2.14. The first-order valence-corrected chi connectivity index (χ1v) is 7.18. The normalized spacial score (nSPS) is 11.0. The van der Waals surface area contributed by atoms with Crippen molar-refractivity contribution in [3.05, 3.63) is 42.0 Å². The first kappa shape index (κ1) is 13.8. The van der Waals surface area contributed by atoms with Gasteiger partial charge in [0, 0.05) is 11.6 Å². The molecular formula is C15H12F2N2OS. The summed E-state index contributed by atoms with van der Waals surface area (Å²) in [6.07, 6.45) is 0. The number of thiazole rings is 1. The van der Waals surface area contributed by atoms with Crippen molar-refractivity contribution < 1.29 is 13.5 Å². The summed E-state index contributed by atoms with van der Waals surface area (Å²) in [4.78, 5) is 4.36. The van der Waals surface area contributed by atoms with Crippen molar-refractivity contribution in [2.45, 2.75) is 6.92 Å². The Balaban J connectivity index is 2.11. The van der Waals surface area contributed by atoms with E-state index in [9.17, 15) is 8.78 Å². The number of anilines is 1. The Hall–Kier alpha value is -2.21. The van der Waals surface area contributed by atoms with E-state index in [0.717, 1.165) is 22.0 Å². The first-order valence-electron chi connectivity index (χ1n) is 6.36. The molecule has 3 rings (SSSR count). The minimum Gasteiger partial charge on any atom is -0.494 e. The average Bonchev–Trinajstić information content (AvgIpc) is 2.86. The number of ether oxygens (including phenoxy) is 1. The van der Waals surface area contributed by atoms with Crippen LogP contribution in [0.4, 0.5) is 14.5 Å². The summed E-state index contributed by atoms with van der Waals surface area (Å²) in [6, 6.07) is 7.52. The van der Waals surface area contributed by atoms with Crippen LogP contribution >= 0.6 is 11.3 Å². The number of nitrogens with zero attached hydrogens (tertiary/aromatic N) is 1. The third-order valence-corrected chi connectivity index (χ3v) is 4.04. The Morgan fingerprint density at radius 3 is 2.76 bits per heavy atom. The fourth-order valence-electron chi connectivity index (χ4n) is 2.01. The van der Waals surface area contributed by atoms with E-state index in [1.165, 1.54) is 17.4 Å². The van der Waals surface area contributed by atoms with Gasteiger partial charge in [-0.05, 0) is 31.2 Å². The zero-order valence-corrected chi connectivity index (χ0v) is 12.0. The van der Waals surface area contributed by atoms with Gasteiger partial charge in [-0.2, -0.15) is 0 Å². The lowest BCUT2D eigenvalue weighted by molar-refractivity contribution is 0.341. The molecule has 0 unspecified atom stereocenters. The van der Waals surface area contributed by atoms with Gasteiger partial charge < -0.3 is 10.5 Å². The van der Waals surface area contributed by atoms with E-state index in [1.807, 2.05) is 25.1 Å². The Bertz CT molecular complexity index is 817. The SMILES string of the molecule is CCOc1ccc2nc(-c3cc(N)c(F)cc3F)sc2c1. The maximum absolute atomic E-state index is 13.9. The summed E-state index contributed by atoms with van der Waals surface area (Å²) in [7, 11) is 0. The smallest absolute Gasteiger partial charge is 0.149 e. The zero-order valence-electron chi connectivity index (χ0n) is 11.2. The predicted molar refractivity (Wildman–Crippen MR) is 80.6 cm³/mol. The van der Waals surface area contributed by atoms with Crippen molar-refractivity contribution in [3.63, 3.8) is 0 Å². The monoisotopic (exact) mass is 306 g/mol. The molecule has 21 heavy (non-hydrogen) atoms. The summed E-state index contributed by atoms with van der Waals surface area (Å²) in [5.41, 5.74) is 6.34. The molecular weight excluding hydrogens is 294 g/mol. The maximum atomic E-state index is 13.9.